The zero-order valence-electron chi connectivity index (χ0n) is 18.9. The lowest BCUT2D eigenvalue weighted by Crippen LogP contribution is -2.56. The molecule has 0 aliphatic carbocycles. The van der Waals surface area contributed by atoms with E-state index in [2.05, 4.69) is 66.2 Å². The molecule has 0 unspecified atom stereocenters. The molecule has 10 heteroatoms. The van der Waals surface area contributed by atoms with E-state index in [1.54, 1.807) is 29.9 Å². The third kappa shape index (κ3) is 3.37. The summed E-state index contributed by atoms with van der Waals surface area (Å²) >= 11 is 1.78. The van der Waals surface area contributed by atoms with Crippen molar-refractivity contribution in [2.24, 2.45) is 5.73 Å². The number of anilines is 1. The molecule has 9 nitrogen and oxygen atoms in total. The predicted octanol–water partition coefficient (Wildman–Crippen LogP) is 4.14. The number of hydrogen-bond acceptors (Lipinski definition) is 8. The highest BCUT2D eigenvalue weighted by atomic mass is 32.1. The van der Waals surface area contributed by atoms with Gasteiger partial charge >= 0.3 is 0 Å². The maximum atomic E-state index is 5.93. The number of thiophene rings is 1. The van der Waals surface area contributed by atoms with E-state index < -0.39 is 0 Å². The second-order valence-electron chi connectivity index (χ2n) is 8.83. The highest BCUT2D eigenvalue weighted by Gasteiger charge is 2.25. The first-order chi connectivity index (χ1) is 17.1. The van der Waals surface area contributed by atoms with Crippen LogP contribution in [0.4, 0.5) is 5.82 Å². The van der Waals surface area contributed by atoms with Gasteiger partial charge in [-0.15, -0.1) is 11.3 Å². The van der Waals surface area contributed by atoms with Crippen LogP contribution in [0.15, 0.2) is 55.1 Å². The van der Waals surface area contributed by atoms with Crippen LogP contribution in [-0.4, -0.2) is 54.2 Å². The molecule has 0 aromatic carbocycles. The van der Waals surface area contributed by atoms with Gasteiger partial charge in [-0.2, -0.15) is 5.10 Å². The molecule has 1 aliphatic rings. The molecule has 0 bridgehead atoms. The van der Waals surface area contributed by atoms with Crippen LogP contribution in [0.2, 0.25) is 0 Å². The molecule has 6 aromatic rings. The molecule has 0 amide bonds. The van der Waals surface area contributed by atoms with Gasteiger partial charge in [0.1, 0.15) is 22.9 Å². The van der Waals surface area contributed by atoms with Crippen LogP contribution in [-0.2, 0) is 0 Å². The van der Waals surface area contributed by atoms with Gasteiger partial charge in [-0.3, -0.25) is 15.1 Å². The molecule has 1 aliphatic heterocycles. The first-order valence-corrected chi connectivity index (χ1v) is 12.2. The molecule has 1 fully saturated rings. The first kappa shape index (κ1) is 20.2. The van der Waals surface area contributed by atoms with Crippen LogP contribution in [0.3, 0.4) is 0 Å². The second-order valence-corrected chi connectivity index (χ2v) is 10.1. The van der Waals surface area contributed by atoms with Crippen LogP contribution in [0.5, 0.6) is 0 Å². The number of nitrogens with one attached hydrogen (secondary N) is 2. The topological polar surface area (TPSA) is 125 Å². The number of nitrogens with two attached hydrogens (primary N) is 1. The van der Waals surface area contributed by atoms with Crippen molar-refractivity contribution < 1.29 is 0 Å². The van der Waals surface area contributed by atoms with Crippen LogP contribution in [0.25, 0.3) is 55.2 Å². The summed E-state index contributed by atoms with van der Waals surface area (Å²) in [6.07, 6.45) is 7.13. The Balaban J connectivity index is 1.31. The Kier molecular flexibility index (Phi) is 4.45. The summed E-state index contributed by atoms with van der Waals surface area (Å²) in [6.45, 7) is 3.70. The maximum absolute atomic E-state index is 5.93. The zero-order chi connectivity index (χ0) is 23.5. The van der Waals surface area contributed by atoms with E-state index in [4.69, 9.17) is 10.7 Å². The van der Waals surface area contributed by atoms with Gasteiger partial charge in [-0.25, -0.2) is 9.97 Å². The quantitative estimate of drug-likeness (QED) is 0.347. The molecule has 1 saturated heterocycles. The molecule has 35 heavy (non-hydrogen) atoms. The van der Waals surface area contributed by atoms with Gasteiger partial charge in [0.05, 0.1) is 35.5 Å². The molecular weight excluding hydrogens is 458 g/mol. The predicted molar refractivity (Wildman–Crippen MR) is 138 cm³/mol. The van der Waals surface area contributed by atoms with Crippen LogP contribution >= 0.6 is 11.3 Å². The molecule has 7 heterocycles. The van der Waals surface area contributed by atoms with E-state index in [-0.39, 0.29) is 6.04 Å². The molecule has 7 rings (SSSR count). The summed E-state index contributed by atoms with van der Waals surface area (Å²) in [5.74, 6) is 0.816. The highest BCUT2D eigenvalue weighted by molar-refractivity contribution is 7.15. The number of rotatable bonds is 4. The minimum absolute atomic E-state index is 0.193. The molecule has 172 valence electrons. The lowest BCUT2D eigenvalue weighted by Gasteiger charge is -2.37. The van der Waals surface area contributed by atoms with Gasteiger partial charge in [-0.1, -0.05) is 0 Å². The molecule has 0 saturated carbocycles. The number of aromatic nitrogens is 7. The van der Waals surface area contributed by atoms with Crippen molar-refractivity contribution in [3.05, 3.63) is 60.0 Å². The number of fused-ring (bicyclic) bond motifs is 2. The molecule has 0 atom stereocenters. The largest absolute Gasteiger partial charge is 0.352 e. The van der Waals surface area contributed by atoms with Gasteiger partial charge in [0.25, 0.3) is 0 Å². The highest BCUT2D eigenvalue weighted by Crippen LogP contribution is 2.36. The number of hydrogen-bond donors (Lipinski definition) is 3. The lowest BCUT2D eigenvalue weighted by atomic mass is 10.1. The van der Waals surface area contributed by atoms with Crippen LogP contribution in [0, 0.1) is 6.92 Å². The fraction of sp³-hybridized carbons (Fsp3) is 0.160. The van der Waals surface area contributed by atoms with Gasteiger partial charge in [0.2, 0.25) is 0 Å². The summed E-state index contributed by atoms with van der Waals surface area (Å²) in [5.41, 5.74) is 11.9. The lowest BCUT2D eigenvalue weighted by molar-refractivity contribution is 0.514. The van der Waals surface area contributed by atoms with Gasteiger partial charge < -0.3 is 15.6 Å². The van der Waals surface area contributed by atoms with Gasteiger partial charge in [0.15, 0.2) is 0 Å². The Morgan fingerprint density at radius 1 is 1.03 bits per heavy atom. The molecular formula is C25H21N9S. The summed E-state index contributed by atoms with van der Waals surface area (Å²) < 4.78 is 0. The SMILES string of the molecule is Cc1ccc(-c2ccnc3[nH]c(-c4n[nH]c5cnc(-c6cncc(N7CC(N)C7)n6)cc45)cc23)s1. The van der Waals surface area contributed by atoms with Crippen molar-refractivity contribution in [2.45, 2.75) is 13.0 Å². The van der Waals surface area contributed by atoms with Crippen molar-refractivity contribution in [3.63, 3.8) is 0 Å². The average molecular weight is 480 g/mol. The Morgan fingerprint density at radius 3 is 2.77 bits per heavy atom. The van der Waals surface area contributed by atoms with Crippen molar-refractivity contribution in [2.75, 3.05) is 18.0 Å². The Bertz CT molecular complexity index is 1710. The standard InChI is InChI=1S/C25H21N9S/c1-13-2-3-22(35-13)15-4-5-28-25-16(15)6-19(31-25)24-17-7-18(29-9-20(17)32-33-24)21-8-27-10-23(30-21)34-11-14(26)12-34/h2-10,14H,11-12,26H2,1H3,(H,28,31)(H,32,33). The molecule has 6 aromatic heterocycles. The Morgan fingerprint density at radius 2 is 1.94 bits per heavy atom. The molecule has 0 radical (unpaired) electrons. The summed E-state index contributed by atoms with van der Waals surface area (Å²) in [7, 11) is 0. The van der Waals surface area contributed by atoms with E-state index in [1.807, 2.05) is 12.3 Å². The minimum Gasteiger partial charge on any atom is -0.352 e. The smallest absolute Gasteiger partial charge is 0.147 e. The maximum Gasteiger partial charge on any atom is 0.147 e. The van der Waals surface area contributed by atoms with E-state index in [0.29, 0.717) is 5.69 Å². The number of aromatic amines is 2. The third-order valence-electron chi connectivity index (χ3n) is 6.36. The fourth-order valence-electron chi connectivity index (χ4n) is 4.54. The van der Waals surface area contributed by atoms with Crippen molar-refractivity contribution in [1.82, 2.24) is 35.1 Å². The fourth-order valence-corrected chi connectivity index (χ4v) is 5.45. The Hall–Kier alpha value is -4.15. The average Bonchev–Trinajstić information content (AvgIpc) is 3.59. The number of nitrogens with zero attached hydrogens (tertiary/aromatic N) is 6. The van der Waals surface area contributed by atoms with Gasteiger partial charge in [0, 0.05) is 51.4 Å². The van der Waals surface area contributed by atoms with E-state index in [0.717, 1.165) is 63.5 Å². The Labute approximate surface area is 204 Å². The number of aryl methyl sites for hydroxylation is 1. The summed E-state index contributed by atoms with van der Waals surface area (Å²) in [4.78, 5) is 26.4. The van der Waals surface area contributed by atoms with E-state index >= 15 is 0 Å². The minimum atomic E-state index is 0.193. The van der Waals surface area contributed by atoms with Crippen molar-refractivity contribution >= 4 is 39.1 Å². The van der Waals surface area contributed by atoms with E-state index in [1.165, 1.54) is 9.75 Å². The van der Waals surface area contributed by atoms with E-state index in [9.17, 15) is 0 Å². The van der Waals surface area contributed by atoms with Crippen LogP contribution < -0.4 is 10.6 Å². The van der Waals surface area contributed by atoms with Crippen LogP contribution in [0.1, 0.15) is 4.88 Å². The van der Waals surface area contributed by atoms with Crippen molar-refractivity contribution in [1.29, 1.82) is 0 Å². The number of H-pyrrole nitrogens is 2. The molecule has 0 spiro atoms. The third-order valence-corrected chi connectivity index (χ3v) is 7.39. The summed E-state index contributed by atoms with van der Waals surface area (Å²) in [6, 6.07) is 10.7. The number of pyridine rings is 2. The zero-order valence-corrected chi connectivity index (χ0v) is 19.7. The monoisotopic (exact) mass is 479 g/mol. The summed E-state index contributed by atoms with van der Waals surface area (Å²) in [5, 5.41) is 9.72. The normalized spacial score (nSPS) is 14.2. The molecule has 4 N–H and O–H groups in total. The van der Waals surface area contributed by atoms with Gasteiger partial charge in [-0.05, 0) is 37.3 Å². The first-order valence-electron chi connectivity index (χ1n) is 11.3. The second kappa shape index (κ2) is 7.69. The van der Waals surface area contributed by atoms with Crippen molar-refractivity contribution in [3.8, 4) is 33.2 Å².